The normalized spacial score (nSPS) is 15.6. The maximum Gasteiger partial charge on any atom is 0.293 e. The number of halogens is 3. The number of amides is 2. The number of benzene rings is 2. The maximum atomic E-state index is 13.0. The SMILES string of the molecule is O=C1SC(=Cc2ccc(-c3ccc(Cl)c(Cl)c3)o2)C(=O)N1Cc1ccc(F)cc1. The van der Waals surface area contributed by atoms with Crippen LogP contribution < -0.4 is 0 Å². The number of hydrogen-bond acceptors (Lipinski definition) is 4. The molecule has 1 saturated heterocycles. The number of carbonyl (C=O) groups excluding carboxylic acids is 2. The number of thioether (sulfide) groups is 1. The zero-order valence-electron chi connectivity index (χ0n) is 14.7. The van der Waals surface area contributed by atoms with Gasteiger partial charge in [0, 0.05) is 11.6 Å². The highest BCUT2D eigenvalue weighted by atomic mass is 35.5. The Kier molecular flexibility index (Phi) is 5.50. The van der Waals surface area contributed by atoms with Gasteiger partial charge in [-0.3, -0.25) is 14.5 Å². The first-order valence-electron chi connectivity index (χ1n) is 8.46. The molecular weight excluding hydrogens is 436 g/mol. The Morgan fingerprint density at radius 3 is 2.48 bits per heavy atom. The molecule has 0 bridgehead atoms. The second-order valence-corrected chi connectivity index (χ2v) is 8.03. The molecule has 0 saturated carbocycles. The Bertz CT molecular complexity index is 1140. The van der Waals surface area contributed by atoms with Crippen LogP contribution in [-0.4, -0.2) is 16.0 Å². The lowest BCUT2D eigenvalue weighted by Gasteiger charge is -2.12. The molecule has 8 heteroatoms. The van der Waals surface area contributed by atoms with Gasteiger partial charge in [0.1, 0.15) is 17.3 Å². The van der Waals surface area contributed by atoms with Crippen molar-refractivity contribution in [2.75, 3.05) is 0 Å². The van der Waals surface area contributed by atoms with Crippen molar-refractivity contribution in [1.82, 2.24) is 4.90 Å². The molecule has 3 aromatic rings. The van der Waals surface area contributed by atoms with Crippen molar-refractivity contribution < 1.29 is 18.4 Å². The van der Waals surface area contributed by atoms with Gasteiger partial charge in [-0.2, -0.15) is 0 Å². The molecule has 4 rings (SSSR count). The van der Waals surface area contributed by atoms with Crippen molar-refractivity contribution in [1.29, 1.82) is 0 Å². The van der Waals surface area contributed by atoms with Gasteiger partial charge >= 0.3 is 0 Å². The first-order valence-corrected chi connectivity index (χ1v) is 10.0. The van der Waals surface area contributed by atoms with Crippen LogP contribution in [0.15, 0.2) is 63.9 Å². The molecule has 0 N–H and O–H groups in total. The molecule has 1 aliphatic heterocycles. The number of nitrogens with zero attached hydrogens (tertiary/aromatic N) is 1. The van der Waals surface area contributed by atoms with Crippen molar-refractivity contribution in [2.45, 2.75) is 6.54 Å². The lowest BCUT2D eigenvalue weighted by Crippen LogP contribution is -2.27. The lowest BCUT2D eigenvalue weighted by atomic mass is 10.2. The summed E-state index contributed by atoms with van der Waals surface area (Å²) in [6.07, 6.45) is 1.52. The summed E-state index contributed by atoms with van der Waals surface area (Å²) in [4.78, 5) is 26.2. The third-order valence-electron chi connectivity index (χ3n) is 4.23. The molecule has 0 aliphatic carbocycles. The van der Waals surface area contributed by atoms with Gasteiger partial charge in [-0.1, -0.05) is 35.3 Å². The Morgan fingerprint density at radius 2 is 1.76 bits per heavy atom. The number of rotatable bonds is 4. The Morgan fingerprint density at radius 1 is 1.00 bits per heavy atom. The third kappa shape index (κ3) is 4.24. The molecule has 29 heavy (non-hydrogen) atoms. The molecule has 0 spiro atoms. The Hall–Kier alpha value is -2.54. The zero-order chi connectivity index (χ0) is 20.5. The van der Waals surface area contributed by atoms with Crippen LogP contribution >= 0.6 is 35.0 Å². The summed E-state index contributed by atoms with van der Waals surface area (Å²) in [7, 11) is 0. The molecule has 2 heterocycles. The summed E-state index contributed by atoms with van der Waals surface area (Å²) in [5, 5.41) is 0.461. The van der Waals surface area contributed by atoms with Crippen molar-refractivity contribution in [3.8, 4) is 11.3 Å². The van der Waals surface area contributed by atoms with Gasteiger partial charge in [0.05, 0.1) is 21.5 Å². The second kappa shape index (κ2) is 8.06. The molecule has 0 unspecified atom stereocenters. The van der Waals surface area contributed by atoms with Crippen molar-refractivity contribution in [3.05, 3.63) is 86.7 Å². The van der Waals surface area contributed by atoms with Crippen molar-refractivity contribution >= 4 is 52.2 Å². The maximum absolute atomic E-state index is 13.0. The molecular formula is C21H12Cl2FNO3S. The number of carbonyl (C=O) groups is 2. The van der Waals surface area contributed by atoms with Crippen LogP contribution in [0.1, 0.15) is 11.3 Å². The lowest BCUT2D eigenvalue weighted by molar-refractivity contribution is -0.123. The van der Waals surface area contributed by atoms with Gasteiger partial charge in [0.2, 0.25) is 0 Å². The minimum atomic E-state index is -0.420. The molecule has 0 radical (unpaired) electrons. The van der Waals surface area contributed by atoms with E-state index < -0.39 is 5.91 Å². The van der Waals surface area contributed by atoms with E-state index in [2.05, 4.69) is 0 Å². The fourth-order valence-electron chi connectivity index (χ4n) is 2.77. The molecule has 4 nitrogen and oxygen atoms in total. The number of imide groups is 1. The molecule has 1 aromatic heterocycles. The summed E-state index contributed by atoms with van der Waals surface area (Å²) in [6, 6.07) is 14.2. The van der Waals surface area contributed by atoms with E-state index in [0.29, 0.717) is 27.1 Å². The van der Waals surface area contributed by atoms with E-state index >= 15 is 0 Å². The van der Waals surface area contributed by atoms with Gasteiger partial charge in [0.15, 0.2) is 0 Å². The van der Waals surface area contributed by atoms with Crippen molar-refractivity contribution in [2.24, 2.45) is 0 Å². The summed E-state index contributed by atoms with van der Waals surface area (Å²) >= 11 is 12.8. The highest BCUT2D eigenvalue weighted by molar-refractivity contribution is 8.18. The van der Waals surface area contributed by atoms with Crippen LogP contribution in [0.3, 0.4) is 0 Å². The summed E-state index contributed by atoms with van der Waals surface area (Å²) in [5.41, 5.74) is 1.40. The predicted octanol–water partition coefficient (Wildman–Crippen LogP) is 6.63. The first kappa shape index (κ1) is 19.8. The van der Waals surface area contributed by atoms with E-state index in [9.17, 15) is 14.0 Å². The van der Waals surface area contributed by atoms with E-state index in [4.69, 9.17) is 27.6 Å². The van der Waals surface area contributed by atoms with Crippen LogP contribution in [-0.2, 0) is 11.3 Å². The molecule has 1 fully saturated rings. The third-order valence-corrected chi connectivity index (χ3v) is 5.88. The smallest absolute Gasteiger partial charge is 0.293 e. The highest BCUT2D eigenvalue weighted by Gasteiger charge is 2.35. The molecule has 2 aromatic carbocycles. The fourth-order valence-corrected chi connectivity index (χ4v) is 3.89. The molecule has 146 valence electrons. The van der Waals surface area contributed by atoms with Gasteiger partial charge in [-0.15, -0.1) is 0 Å². The van der Waals surface area contributed by atoms with E-state index in [1.165, 1.54) is 18.2 Å². The second-order valence-electron chi connectivity index (χ2n) is 6.23. The van der Waals surface area contributed by atoms with Crippen LogP contribution in [0.2, 0.25) is 10.0 Å². The largest absolute Gasteiger partial charge is 0.457 e. The zero-order valence-corrected chi connectivity index (χ0v) is 17.0. The standard InChI is InChI=1S/C21H12Cl2FNO3S/c22-16-7-3-13(9-17(16)23)18-8-6-15(28-18)10-19-20(26)25(21(27)29-19)11-12-1-4-14(24)5-2-12/h1-10H,11H2. The van der Waals surface area contributed by atoms with Crippen LogP contribution in [0, 0.1) is 5.82 Å². The van der Waals surface area contributed by atoms with E-state index in [-0.39, 0.29) is 22.5 Å². The topological polar surface area (TPSA) is 50.5 Å². The average Bonchev–Trinajstić information content (AvgIpc) is 3.26. The van der Waals surface area contributed by atoms with Crippen LogP contribution in [0.25, 0.3) is 17.4 Å². The highest BCUT2D eigenvalue weighted by Crippen LogP contribution is 2.35. The van der Waals surface area contributed by atoms with Gasteiger partial charge in [-0.05, 0) is 59.8 Å². The minimum absolute atomic E-state index is 0.0783. The number of furan rings is 1. The van der Waals surface area contributed by atoms with Crippen LogP contribution in [0.4, 0.5) is 9.18 Å². The van der Waals surface area contributed by atoms with Crippen LogP contribution in [0.5, 0.6) is 0 Å². The minimum Gasteiger partial charge on any atom is -0.457 e. The van der Waals surface area contributed by atoms with E-state index in [0.717, 1.165) is 22.2 Å². The summed E-state index contributed by atoms with van der Waals surface area (Å²) in [5.74, 6) is 0.189. The summed E-state index contributed by atoms with van der Waals surface area (Å²) < 4.78 is 18.8. The Labute approximate surface area is 179 Å². The van der Waals surface area contributed by atoms with E-state index in [1.54, 1.807) is 42.5 Å². The van der Waals surface area contributed by atoms with Gasteiger partial charge < -0.3 is 4.42 Å². The van der Waals surface area contributed by atoms with Crippen molar-refractivity contribution in [3.63, 3.8) is 0 Å². The Balaban J connectivity index is 1.53. The average molecular weight is 448 g/mol. The summed E-state index contributed by atoms with van der Waals surface area (Å²) in [6.45, 7) is 0.0783. The fraction of sp³-hybridized carbons (Fsp3) is 0.0476. The number of hydrogen-bond donors (Lipinski definition) is 0. The monoisotopic (exact) mass is 447 g/mol. The first-order chi connectivity index (χ1) is 13.9. The quantitative estimate of drug-likeness (QED) is 0.421. The molecule has 2 amide bonds. The van der Waals surface area contributed by atoms with Gasteiger partial charge in [-0.25, -0.2) is 4.39 Å². The van der Waals surface area contributed by atoms with Gasteiger partial charge in [0.25, 0.3) is 11.1 Å². The molecule has 1 aliphatic rings. The predicted molar refractivity (Wildman–Crippen MR) is 112 cm³/mol. The molecule has 0 atom stereocenters. The van der Waals surface area contributed by atoms with E-state index in [1.807, 2.05) is 0 Å².